The van der Waals surface area contributed by atoms with Crippen molar-refractivity contribution in [3.8, 4) is 0 Å². The number of allylic oxidation sites excluding steroid dienone is 2. The van der Waals surface area contributed by atoms with Crippen molar-refractivity contribution in [2.24, 2.45) is 0 Å². The van der Waals surface area contributed by atoms with E-state index in [1.54, 1.807) is 6.26 Å². The second-order valence-corrected chi connectivity index (χ2v) is 3.81. The average Bonchev–Trinajstić information content (AvgIpc) is 2.56. The Morgan fingerprint density at radius 2 is 2.12 bits per heavy atom. The van der Waals surface area contributed by atoms with Crippen molar-refractivity contribution < 1.29 is 9.53 Å². The predicted molar refractivity (Wildman–Crippen MR) is 62.9 cm³/mol. The molecule has 0 bridgehead atoms. The maximum absolute atomic E-state index is 10.6. The highest BCUT2D eigenvalue weighted by Crippen LogP contribution is 2.13. The number of ether oxygens (including phenoxy) is 1. The molecule has 0 fully saturated rings. The summed E-state index contributed by atoms with van der Waals surface area (Å²) in [6, 6.07) is 10.2. The second-order valence-electron chi connectivity index (χ2n) is 3.81. The van der Waals surface area contributed by atoms with Gasteiger partial charge in [0.2, 0.25) is 0 Å². The maximum atomic E-state index is 10.6. The summed E-state index contributed by atoms with van der Waals surface area (Å²) in [5.74, 6) is 0. The number of hydrogen-bond donors (Lipinski definition) is 0. The van der Waals surface area contributed by atoms with E-state index in [1.165, 1.54) is 5.56 Å². The minimum absolute atomic E-state index is 0.0276. The fraction of sp³-hybridized carbons (Fsp3) is 0.214. The zero-order valence-electron chi connectivity index (χ0n) is 9.00. The van der Waals surface area contributed by atoms with Crippen LogP contribution in [-0.2, 0) is 16.0 Å². The van der Waals surface area contributed by atoms with E-state index in [0.717, 1.165) is 12.7 Å². The Morgan fingerprint density at radius 1 is 1.31 bits per heavy atom. The lowest BCUT2D eigenvalue weighted by Crippen LogP contribution is -2.09. The topological polar surface area (TPSA) is 26.3 Å². The quantitative estimate of drug-likeness (QED) is 0.571. The highest BCUT2D eigenvalue weighted by atomic mass is 16.5. The molecule has 0 aromatic heterocycles. The normalized spacial score (nSPS) is 19.5. The minimum atomic E-state index is 0.0276. The summed E-state index contributed by atoms with van der Waals surface area (Å²) >= 11 is 0. The van der Waals surface area contributed by atoms with E-state index < -0.39 is 0 Å². The number of benzene rings is 1. The first-order chi connectivity index (χ1) is 7.88. The SMILES string of the molecule is O=CC1=COC(Cc2ccccc2)C=CC1. The molecule has 0 radical (unpaired) electrons. The standard InChI is InChI=1S/C14H14O2/c15-10-13-7-4-8-14(16-11-13)9-12-5-2-1-3-6-12/h1-6,8,10-11,14H,7,9H2. The molecule has 1 aliphatic heterocycles. The van der Waals surface area contributed by atoms with Crippen LogP contribution in [-0.4, -0.2) is 12.4 Å². The van der Waals surface area contributed by atoms with Gasteiger partial charge in [0, 0.05) is 12.0 Å². The average molecular weight is 214 g/mol. The van der Waals surface area contributed by atoms with Gasteiger partial charge in [-0.3, -0.25) is 4.79 Å². The summed E-state index contributed by atoms with van der Waals surface area (Å²) in [6.07, 6.45) is 7.94. The van der Waals surface area contributed by atoms with Gasteiger partial charge >= 0.3 is 0 Å². The van der Waals surface area contributed by atoms with Crippen molar-refractivity contribution in [3.63, 3.8) is 0 Å². The van der Waals surface area contributed by atoms with Gasteiger partial charge in [0.1, 0.15) is 12.4 Å². The smallest absolute Gasteiger partial charge is 0.149 e. The van der Waals surface area contributed by atoms with Crippen LogP contribution in [0.15, 0.2) is 54.3 Å². The fourth-order valence-corrected chi connectivity index (χ4v) is 1.66. The molecule has 0 saturated heterocycles. The van der Waals surface area contributed by atoms with Crippen molar-refractivity contribution in [3.05, 3.63) is 59.9 Å². The van der Waals surface area contributed by atoms with Gasteiger partial charge in [0.15, 0.2) is 0 Å². The highest BCUT2D eigenvalue weighted by molar-refractivity contribution is 5.73. The van der Waals surface area contributed by atoms with Gasteiger partial charge in [-0.05, 0) is 18.1 Å². The summed E-state index contributed by atoms with van der Waals surface area (Å²) in [6.45, 7) is 0. The van der Waals surface area contributed by atoms with Gasteiger partial charge in [-0.2, -0.15) is 0 Å². The molecule has 2 rings (SSSR count). The predicted octanol–water partition coefficient (Wildman–Crippen LogP) is 2.66. The summed E-state index contributed by atoms with van der Waals surface area (Å²) in [4.78, 5) is 10.6. The molecule has 1 aromatic rings. The summed E-state index contributed by atoms with van der Waals surface area (Å²) in [5.41, 5.74) is 1.92. The zero-order chi connectivity index (χ0) is 11.2. The Hall–Kier alpha value is -1.83. The molecule has 2 heteroatoms. The molecule has 0 aliphatic carbocycles. The van der Waals surface area contributed by atoms with Crippen LogP contribution in [0.4, 0.5) is 0 Å². The van der Waals surface area contributed by atoms with Crippen LogP contribution in [0.3, 0.4) is 0 Å². The lowest BCUT2D eigenvalue weighted by Gasteiger charge is -2.11. The van der Waals surface area contributed by atoms with Crippen LogP contribution in [0.5, 0.6) is 0 Å². The first kappa shape index (κ1) is 10.7. The van der Waals surface area contributed by atoms with Crippen LogP contribution < -0.4 is 0 Å². The Balaban J connectivity index is 2.02. The maximum Gasteiger partial charge on any atom is 0.149 e. The molecule has 1 atom stereocenters. The largest absolute Gasteiger partial charge is 0.493 e. The summed E-state index contributed by atoms with van der Waals surface area (Å²) in [5, 5.41) is 0. The highest BCUT2D eigenvalue weighted by Gasteiger charge is 2.08. The van der Waals surface area contributed by atoms with Crippen molar-refractivity contribution in [2.45, 2.75) is 18.9 Å². The van der Waals surface area contributed by atoms with Crippen LogP contribution in [0.2, 0.25) is 0 Å². The Morgan fingerprint density at radius 3 is 2.88 bits per heavy atom. The van der Waals surface area contributed by atoms with E-state index in [4.69, 9.17) is 4.74 Å². The van der Waals surface area contributed by atoms with Crippen LogP contribution in [0.25, 0.3) is 0 Å². The first-order valence-electron chi connectivity index (χ1n) is 5.39. The van der Waals surface area contributed by atoms with E-state index in [1.807, 2.05) is 30.4 Å². The molecule has 2 nitrogen and oxygen atoms in total. The summed E-state index contributed by atoms with van der Waals surface area (Å²) in [7, 11) is 0. The van der Waals surface area contributed by atoms with Crippen molar-refractivity contribution in [1.29, 1.82) is 0 Å². The molecule has 0 N–H and O–H groups in total. The molecule has 82 valence electrons. The first-order valence-corrected chi connectivity index (χ1v) is 5.39. The molecule has 0 spiro atoms. The second kappa shape index (κ2) is 5.31. The van der Waals surface area contributed by atoms with E-state index in [0.29, 0.717) is 12.0 Å². The fourth-order valence-electron chi connectivity index (χ4n) is 1.66. The molecule has 1 unspecified atom stereocenters. The van der Waals surface area contributed by atoms with Gasteiger partial charge in [0.05, 0.1) is 6.26 Å². The van der Waals surface area contributed by atoms with Gasteiger partial charge < -0.3 is 4.74 Å². The van der Waals surface area contributed by atoms with E-state index >= 15 is 0 Å². The molecular formula is C14H14O2. The van der Waals surface area contributed by atoms with Gasteiger partial charge in [-0.1, -0.05) is 36.4 Å². The molecule has 1 heterocycles. The molecular weight excluding hydrogens is 200 g/mol. The Labute approximate surface area is 95.2 Å². The molecule has 1 aliphatic rings. The zero-order valence-corrected chi connectivity index (χ0v) is 9.00. The van der Waals surface area contributed by atoms with E-state index in [2.05, 4.69) is 12.1 Å². The van der Waals surface area contributed by atoms with E-state index in [9.17, 15) is 4.79 Å². The molecule has 1 aromatic carbocycles. The molecule has 16 heavy (non-hydrogen) atoms. The van der Waals surface area contributed by atoms with Crippen LogP contribution in [0, 0.1) is 0 Å². The number of hydrogen-bond acceptors (Lipinski definition) is 2. The van der Waals surface area contributed by atoms with Crippen molar-refractivity contribution in [1.82, 2.24) is 0 Å². The summed E-state index contributed by atoms with van der Waals surface area (Å²) < 4.78 is 5.53. The molecule has 0 amide bonds. The van der Waals surface area contributed by atoms with E-state index in [-0.39, 0.29) is 6.10 Å². The third-order valence-corrected chi connectivity index (χ3v) is 2.53. The van der Waals surface area contributed by atoms with Crippen LogP contribution >= 0.6 is 0 Å². The Kier molecular flexibility index (Phi) is 3.54. The minimum Gasteiger partial charge on any atom is -0.493 e. The van der Waals surface area contributed by atoms with Crippen molar-refractivity contribution in [2.75, 3.05) is 0 Å². The lowest BCUT2D eigenvalue weighted by molar-refractivity contribution is -0.105. The van der Waals surface area contributed by atoms with Gasteiger partial charge in [-0.25, -0.2) is 0 Å². The van der Waals surface area contributed by atoms with Crippen molar-refractivity contribution >= 4 is 6.29 Å². The monoisotopic (exact) mass is 214 g/mol. The number of rotatable bonds is 3. The van der Waals surface area contributed by atoms with Gasteiger partial charge in [0.25, 0.3) is 0 Å². The third kappa shape index (κ3) is 2.83. The molecule has 0 saturated carbocycles. The lowest BCUT2D eigenvalue weighted by atomic mass is 10.1. The number of carbonyl (C=O) groups excluding carboxylic acids is 1. The van der Waals surface area contributed by atoms with Gasteiger partial charge in [-0.15, -0.1) is 0 Å². The third-order valence-electron chi connectivity index (χ3n) is 2.53. The number of aldehydes is 1. The van der Waals surface area contributed by atoms with Crippen LogP contribution in [0.1, 0.15) is 12.0 Å². The number of carbonyl (C=O) groups is 1. The Bertz CT molecular complexity index is 404.